The highest BCUT2D eigenvalue weighted by molar-refractivity contribution is 7.10. The minimum absolute atomic E-state index is 0.516. The van der Waals surface area contributed by atoms with Gasteiger partial charge in [0, 0.05) is 44.3 Å². The van der Waals surface area contributed by atoms with E-state index in [0.29, 0.717) is 10.4 Å². The van der Waals surface area contributed by atoms with Gasteiger partial charge in [0.25, 0.3) is 0 Å². The van der Waals surface area contributed by atoms with Gasteiger partial charge in [-0.3, -0.25) is 9.80 Å². The monoisotopic (exact) mass is 341 g/mol. The number of likely N-dealkylation sites (tertiary alicyclic amines) is 1. The Morgan fingerprint density at radius 2 is 2.18 bits per heavy atom. The molecule has 0 radical (unpaired) electrons. The molecule has 0 unspecified atom stereocenters. The largest absolute Gasteiger partial charge is 0.317 e. The van der Waals surface area contributed by atoms with Crippen molar-refractivity contribution in [1.82, 2.24) is 34.2 Å². The molecular weight excluding hydrogens is 322 g/mol. The lowest BCUT2D eigenvalue weighted by molar-refractivity contribution is 0.216. The molecule has 2 aromatic heterocycles. The number of aryl methyl sites for hydroxylation is 1. The molecule has 3 heterocycles. The normalized spacial score (nSPS) is 19.4. The SMILES string of the molecule is Cc1nnc(CN(C)[C@@H]2CCN(Cc3nnsc3Cl)C2)n1C. The third-order valence-corrected chi connectivity index (χ3v) is 5.31. The number of likely N-dealkylation sites (N-methyl/N-ethyl adjacent to an activating group) is 1. The number of aromatic nitrogens is 5. The van der Waals surface area contributed by atoms with Crippen molar-refractivity contribution in [2.45, 2.75) is 32.5 Å². The summed E-state index contributed by atoms with van der Waals surface area (Å²) in [6.45, 7) is 5.64. The number of hydrogen-bond donors (Lipinski definition) is 0. The zero-order valence-electron chi connectivity index (χ0n) is 13.0. The summed E-state index contributed by atoms with van der Waals surface area (Å²) in [4.78, 5) is 4.73. The van der Waals surface area contributed by atoms with E-state index >= 15 is 0 Å². The quantitative estimate of drug-likeness (QED) is 0.817. The van der Waals surface area contributed by atoms with E-state index in [4.69, 9.17) is 11.6 Å². The lowest BCUT2D eigenvalue weighted by atomic mass is 10.2. The van der Waals surface area contributed by atoms with Crippen LogP contribution in [0.3, 0.4) is 0 Å². The highest BCUT2D eigenvalue weighted by atomic mass is 35.5. The molecular formula is C13H20ClN7S. The topological polar surface area (TPSA) is 63.0 Å². The molecule has 3 rings (SSSR count). The number of hydrogen-bond acceptors (Lipinski definition) is 7. The Bertz CT molecular complexity index is 640. The third-order valence-electron chi connectivity index (χ3n) is 4.33. The molecule has 2 aromatic rings. The van der Waals surface area contributed by atoms with Gasteiger partial charge in [-0.1, -0.05) is 16.1 Å². The highest BCUT2D eigenvalue weighted by Crippen LogP contribution is 2.22. The summed E-state index contributed by atoms with van der Waals surface area (Å²) in [7, 11) is 4.16. The lowest BCUT2D eigenvalue weighted by Gasteiger charge is -2.24. The average molecular weight is 342 g/mol. The predicted molar refractivity (Wildman–Crippen MR) is 85.8 cm³/mol. The maximum atomic E-state index is 6.08. The fraction of sp³-hybridized carbons (Fsp3) is 0.692. The van der Waals surface area contributed by atoms with Gasteiger partial charge < -0.3 is 4.57 Å². The predicted octanol–water partition coefficient (Wildman–Crippen LogP) is 1.33. The Hall–Kier alpha value is -1.09. The van der Waals surface area contributed by atoms with Crippen LogP contribution in [0.1, 0.15) is 23.8 Å². The molecule has 0 bridgehead atoms. The molecule has 0 aliphatic carbocycles. The Morgan fingerprint density at radius 1 is 1.36 bits per heavy atom. The van der Waals surface area contributed by atoms with Crippen LogP contribution in [0.4, 0.5) is 0 Å². The summed E-state index contributed by atoms with van der Waals surface area (Å²) in [6, 6.07) is 0.516. The Morgan fingerprint density at radius 3 is 2.82 bits per heavy atom. The Labute approximate surface area is 139 Å². The van der Waals surface area contributed by atoms with Crippen molar-refractivity contribution in [2.75, 3.05) is 20.1 Å². The summed E-state index contributed by atoms with van der Waals surface area (Å²) in [5.41, 5.74) is 0.888. The van der Waals surface area contributed by atoms with Crippen LogP contribution in [0.5, 0.6) is 0 Å². The van der Waals surface area contributed by atoms with Crippen molar-refractivity contribution < 1.29 is 0 Å². The smallest absolute Gasteiger partial charge is 0.146 e. The molecule has 1 atom stereocenters. The number of nitrogens with zero attached hydrogens (tertiary/aromatic N) is 7. The van der Waals surface area contributed by atoms with Crippen LogP contribution in [0.2, 0.25) is 4.34 Å². The lowest BCUT2D eigenvalue weighted by Crippen LogP contribution is -2.34. The van der Waals surface area contributed by atoms with Crippen LogP contribution in [-0.2, 0) is 20.1 Å². The first-order valence-corrected chi connectivity index (χ1v) is 8.44. The fourth-order valence-corrected chi connectivity index (χ4v) is 3.37. The standard InChI is InChI=1S/C13H20ClN7S/c1-9-15-17-12(20(9)3)8-19(2)10-4-5-21(6-10)7-11-13(14)22-18-16-11/h10H,4-8H2,1-3H3/t10-/m1/s1. The summed E-state index contributed by atoms with van der Waals surface area (Å²) < 4.78 is 6.64. The Kier molecular flexibility index (Phi) is 4.72. The van der Waals surface area contributed by atoms with Gasteiger partial charge in [-0.05, 0) is 20.4 Å². The van der Waals surface area contributed by atoms with Gasteiger partial charge in [0.2, 0.25) is 0 Å². The molecule has 7 nitrogen and oxygen atoms in total. The van der Waals surface area contributed by atoms with Crippen molar-refractivity contribution in [2.24, 2.45) is 7.05 Å². The van der Waals surface area contributed by atoms with Crippen LogP contribution in [-0.4, -0.2) is 60.3 Å². The molecule has 0 aromatic carbocycles. The van der Waals surface area contributed by atoms with Gasteiger partial charge in [0.15, 0.2) is 0 Å². The van der Waals surface area contributed by atoms with E-state index in [2.05, 4.69) is 36.6 Å². The highest BCUT2D eigenvalue weighted by Gasteiger charge is 2.27. The van der Waals surface area contributed by atoms with Crippen molar-refractivity contribution >= 4 is 23.1 Å². The third kappa shape index (κ3) is 3.29. The molecule has 1 aliphatic heterocycles. The molecule has 22 heavy (non-hydrogen) atoms. The number of rotatable bonds is 5. The molecule has 0 N–H and O–H groups in total. The van der Waals surface area contributed by atoms with E-state index in [9.17, 15) is 0 Å². The first-order chi connectivity index (χ1) is 10.5. The second kappa shape index (κ2) is 6.57. The minimum Gasteiger partial charge on any atom is -0.317 e. The van der Waals surface area contributed by atoms with Crippen molar-refractivity contribution in [3.63, 3.8) is 0 Å². The van der Waals surface area contributed by atoms with Gasteiger partial charge >= 0.3 is 0 Å². The minimum atomic E-state index is 0.516. The van der Waals surface area contributed by atoms with Crippen molar-refractivity contribution in [1.29, 1.82) is 0 Å². The van der Waals surface area contributed by atoms with E-state index in [1.807, 2.05) is 18.5 Å². The van der Waals surface area contributed by atoms with Crippen molar-refractivity contribution in [3.8, 4) is 0 Å². The zero-order valence-corrected chi connectivity index (χ0v) is 14.6. The van der Waals surface area contributed by atoms with Crippen LogP contribution in [0, 0.1) is 6.92 Å². The summed E-state index contributed by atoms with van der Waals surface area (Å²) in [5.74, 6) is 1.95. The van der Waals surface area contributed by atoms with E-state index in [-0.39, 0.29) is 0 Å². The zero-order chi connectivity index (χ0) is 15.7. The van der Waals surface area contributed by atoms with Crippen LogP contribution >= 0.6 is 23.1 Å². The van der Waals surface area contributed by atoms with Gasteiger partial charge in [0.1, 0.15) is 21.7 Å². The average Bonchev–Trinajstić information content (AvgIpc) is 3.18. The maximum Gasteiger partial charge on any atom is 0.146 e. The summed E-state index contributed by atoms with van der Waals surface area (Å²) in [5, 5.41) is 12.4. The van der Waals surface area contributed by atoms with Gasteiger partial charge in [-0.25, -0.2) is 0 Å². The summed E-state index contributed by atoms with van der Waals surface area (Å²) >= 11 is 7.33. The maximum absolute atomic E-state index is 6.08. The number of halogens is 1. The molecule has 1 fully saturated rings. The van der Waals surface area contributed by atoms with Gasteiger partial charge in [0.05, 0.1) is 6.54 Å². The second-order valence-electron chi connectivity index (χ2n) is 5.81. The van der Waals surface area contributed by atoms with Gasteiger partial charge in [-0.15, -0.1) is 15.3 Å². The van der Waals surface area contributed by atoms with Gasteiger partial charge in [-0.2, -0.15) is 0 Å². The first-order valence-electron chi connectivity index (χ1n) is 7.28. The molecule has 0 spiro atoms. The van der Waals surface area contributed by atoms with Crippen LogP contribution in [0.15, 0.2) is 0 Å². The van der Waals surface area contributed by atoms with E-state index in [1.165, 1.54) is 11.5 Å². The van der Waals surface area contributed by atoms with E-state index < -0.39 is 0 Å². The first kappa shape index (κ1) is 15.8. The molecule has 0 saturated carbocycles. The fourth-order valence-electron chi connectivity index (χ4n) is 2.76. The second-order valence-corrected chi connectivity index (χ2v) is 7.16. The van der Waals surface area contributed by atoms with Crippen LogP contribution in [0.25, 0.3) is 0 Å². The molecule has 0 amide bonds. The van der Waals surface area contributed by atoms with Crippen molar-refractivity contribution in [3.05, 3.63) is 21.7 Å². The summed E-state index contributed by atoms with van der Waals surface area (Å²) in [6.07, 6.45) is 1.14. The molecule has 9 heteroatoms. The van der Waals surface area contributed by atoms with Crippen LogP contribution < -0.4 is 0 Å². The van der Waals surface area contributed by atoms with E-state index in [1.54, 1.807) is 0 Å². The van der Waals surface area contributed by atoms with E-state index in [0.717, 1.165) is 49.9 Å². The molecule has 1 saturated heterocycles. The Balaban J connectivity index is 1.55. The molecule has 1 aliphatic rings. The molecule has 120 valence electrons.